The third kappa shape index (κ3) is 4.41. The number of esters is 1. The van der Waals surface area contributed by atoms with Crippen molar-refractivity contribution in [3.63, 3.8) is 0 Å². The van der Waals surface area contributed by atoms with Gasteiger partial charge in [-0.15, -0.1) is 0 Å². The number of ether oxygens (including phenoxy) is 1. The standard InChI is InChI=1S/C22H20ClF4N3O4/c1-11-4-5-28-9-15-16(11)18(31)19(34-21(33)22(25,26)27)17-20(32)29(6-7-30(15)17)10-12-2-3-14(24)13(23)8-12/h2-3,8,11,28H,4-7,9-10H2,1H3. The summed E-state index contributed by atoms with van der Waals surface area (Å²) in [6, 6.07) is 3.89. The molecule has 0 fully saturated rings. The van der Waals surface area contributed by atoms with Crippen molar-refractivity contribution in [3.05, 3.63) is 61.8 Å². The maximum absolute atomic E-state index is 13.5. The lowest BCUT2D eigenvalue weighted by Crippen LogP contribution is -2.44. The van der Waals surface area contributed by atoms with E-state index in [4.69, 9.17) is 11.6 Å². The number of pyridine rings is 1. The Labute approximate surface area is 196 Å². The minimum absolute atomic E-state index is 0.0363. The SMILES string of the molecule is CC1CCNCc2c1c(=O)c(OC(=O)C(F)(F)F)c1n2CCN(Cc2ccc(F)c(Cl)c2)C1=O. The molecule has 2 aliphatic rings. The molecule has 34 heavy (non-hydrogen) atoms. The van der Waals surface area contributed by atoms with Gasteiger partial charge < -0.3 is 19.5 Å². The molecule has 1 aromatic carbocycles. The van der Waals surface area contributed by atoms with Crippen molar-refractivity contribution in [3.8, 4) is 5.75 Å². The number of hydrogen-bond acceptors (Lipinski definition) is 5. The number of fused-ring (bicyclic) bond motifs is 3. The fourth-order valence-corrected chi connectivity index (χ4v) is 4.52. The Morgan fingerprint density at radius 2 is 2.00 bits per heavy atom. The minimum Gasteiger partial charge on any atom is -0.413 e. The largest absolute Gasteiger partial charge is 0.491 e. The van der Waals surface area contributed by atoms with Crippen LogP contribution >= 0.6 is 11.6 Å². The second-order valence-electron chi connectivity index (χ2n) is 8.25. The smallest absolute Gasteiger partial charge is 0.413 e. The summed E-state index contributed by atoms with van der Waals surface area (Å²) < 4.78 is 58.4. The molecule has 182 valence electrons. The minimum atomic E-state index is -5.35. The molecule has 0 radical (unpaired) electrons. The lowest BCUT2D eigenvalue weighted by atomic mass is 9.95. The van der Waals surface area contributed by atoms with Crippen LogP contribution in [0.4, 0.5) is 17.6 Å². The lowest BCUT2D eigenvalue weighted by molar-refractivity contribution is -0.189. The van der Waals surface area contributed by atoms with E-state index >= 15 is 0 Å². The van der Waals surface area contributed by atoms with E-state index in [0.717, 1.165) is 6.07 Å². The van der Waals surface area contributed by atoms with Gasteiger partial charge in [0.2, 0.25) is 11.2 Å². The maximum Gasteiger partial charge on any atom is 0.491 e. The Bertz CT molecular complexity index is 1230. The molecule has 1 aromatic heterocycles. The van der Waals surface area contributed by atoms with Crippen molar-refractivity contribution >= 4 is 23.5 Å². The first kappa shape index (κ1) is 24.2. The molecule has 1 unspecified atom stereocenters. The number of nitrogens with one attached hydrogen (secondary N) is 1. The van der Waals surface area contributed by atoms with Crippen molar-refractivity contribution in [2.45, 2.75) is 45.1 Å². The quantitative estimate of drug-likeness (QED) is 0.515. The summed E-state index contributed by atoms with van der Waals surface area (Å²) in [4.78, 5) is 39.6. The van der Waals surface area contributed by atoms with Gasteiger partial charge in [-0.05, 0) is 36.6 Å². The second-order valence-corrected chi connectivity index (χ2v) is 8.66. The highest BCUT2D eigenvalue weighted by atomic mass is 35.5. The van der Waals surface area contributed by atoms with Crippen LogP contribution in [0.1, 0.15) is 46.6 Å². The summed E-state index contributed by atoms with van der Waals surface area (Å²) >= 11 is 5.81. The average molecular weight is 502 g/mol. The van der Waals surface area contributed by atoms with Crippen molar-refractivity contribution in [1.29, 1.82) is 0 Å². The van der Waals surface area contributed by atoms with E-state index in [1.54, 1.807) is 6.92 Å². The fourth-order valence-electron chi connectivity index (χ4n) is 4.32. The third-order valence-electron chi connectivity index (χ3n) is 5.98. The van der Waals surface area contributed by atoms with Crippen molar-refractivity contribution in [2.75, 3.05) is 13.1 Å². The number of halogens is 5. The van der Waals surface area contributed by atoms with E-state index in [1.807, 2.05) is 0 Å². The number of nitrogens with zero attached hydrogens (tertiary/aromatic N) is 2. The number of amides is 1. The van der Waals surface area contributed by atoms with Gasteiger partial charge in [-0.3, -0.25) is 9.59 Å². The van der Waals surface area contributed by atoms with E-state index in [1.165, 1.54) is 21.6 Å². The molecule has 0 aliphatic carbocycles. The van der Waals surface area contributed by atoms with Crippen LogP contribution in [0.2, 0.25) is 5.02 Å². The van der Waals surface area contributed by atoms with Gasteiger partial charge in [0, 0.05) is 37.4 Å². The highest BCUT2D eigenvalue weighted by Gasteiger charge is 2.44. The highest BCUT2D eigenvalue weighted by molar-refractivity contribution is 6.30. The fraction of sp³-hybridized carbons (Fsp3) is 0.409. The topological polar surface area (TPSA) is 80.6 Å². The zero-order valence-electron chi connectivity index (χ0n) is 18.0. The molecule has 0 saturated heterocycles. The van der Waals surface area contributed by atoms with E-state index in [9.17, 15) is 31.9 Å². The van der Waals surface area contributed by atoms with Gasteiger partial charge in [0.15, 0.2) is 5.69 Å². The van der Waals surface area contributed by atoms with Gasteiger partial charge in [0.05, 0.1) is 5.02 Å². The molecule has 2 aliphatic heterocycles. The second kappa shape index (κ2) is 9.03. The summed E-state index contributed by atoms with van der Waals surface area (Å²) in [5.41, 5.74) is -0.138. The normalized spacial score (nSPS) is 18.2. The summed E-state index contributed by atoms with van der Waals surface area (Å²) in [6.45, 7) is 2.83. The summed E-state index contributed by atoms with van der Waals surface area (Å²) in [6.07, 6.45) is -4.81. The Hall–Kier alpha value is -2.92. The van der Waals surface area contributed by atoms with Gasteiger partial charge in [-0.1, -0.05) is 24.6 Å². The van der Waals surface area contributed by atoms with Gasteiger partial charge in [-0.25, -0.2) is 9.18 Å². The summed E-state index contributed by atoms with van der Waals surface area (Å²) in [5.74, 6) is -5.26. The highest BCUT2D eigenvalue weighted by Crippen LogP contribution is 2.32. The van der Waals surface area contributed by atoms with Gasteiger partial charge in [0.1, 0.15) is 5.82 Å². The van der Waals surface area contributed by atoms with E-state index in [2.05, 4.69) is 10.1 Å². The number of carbonyl (C=O) groups excluding carboxylic acids is 2. The van der Waals surface area contributed by atoms with Crippen LogP contribution in [0.3, 0.4) is 0 Å². The molecule has 1 amide bonds. The zero-order valence-corrected chi connectivity index (χ0v) is 18.7. The maximum atomic E-state index is 13.5. The molecule has 0 saturated carbocycles. The molecule has 0 spiro atoms. The van der Waals surface area contributed by atoms with Crippen LogP contribution in [0.15, 0.2) is 23.0 Å². The number of alkyl halides is 3. The predicted octanol–water partition coefficient (Wildman–Crippen LogP) is 3.36. The third-order valence-corrected chi connectivity index (χ3v) is 6.27. The van der Waals surface area contributed by atoms with E-state index in [0.29, 0.717) is 24.2 Å². The molecule has 4 rings (SSSR count). The number of carbonyl (C=O) groups is 2. The van der Waals surface area contributed by atoms with Crippen LogP contribution in [-0.4, -0.2) is 40.6 Å². The molecule has 7 nitrogen and oxygen atoms in total. The Balaban J connectivity index is 1.83. The number of hydrogen-bond donors (Lipinski definition) is 1. The Kier molecular flexibility index (Phi) is 6.43. The van der Waals surface area contributed by atoms with Crippen molar-refractivity contribution in [2.24, 2.45) is 0 Å². The summed E-state index contributed by atoms with van der Waals surface area (Å²) in [5, 5.41) is 3.00. The molecule has 1 N–H and O–H groups in total. The molecule has 1 atom stereocenters. The van der Waals surface area contributed by atoms with Crippen LogP contribution in [0, 0.1) is 5.82 Å². The Morgan fingerprint density at radius 3 is 2.68 bits per heavy atom. The first-order chi connectivity index (χ1) is 16.0. The van der Waals surface area contributed by atoms with Crippen molar-refractivity contribution < 1.29 is 31.9 Å². The molecular formula is C22H20ClF4N3O4. The number of aromatic nitrogens is 1. The van der Waals surface area contributed by atoms with E-state index < -0.39 is 40.7 Å². The average Bonchev–Trinajstić information content (AvgIpc) is 2.96. The predicted molar refractivity (Wildman–Crippen MR) is 113 cm³/mol. The first-order valence-electron chi connectivity index (χ1n) is 10.5. The molecule has 2 aromatic rings. The number of rotatable bonds is 3. The zero-order chi connectivity index (χ0) is 24.8. The van der Waals surface area contributed by atoms with Gasteiger partial charge in [0.25, 0.3) is 5.91 Å². The van der Waals surface area contributed by atoms with Crippen LogP contribution in [0.5, 0.6) is 5.75 Å². The Morgan fingerprint density at radius 1 is 1.26 bits per heavy atom. The van der Waals surface area contributed by atoms with Crippen LogP contribution in [-0.2, 0) is 24.4 Å². The van der Waals surface area contributed by atoms with E-state index in [-0.39, 0.29) is 42.7 Å². The molecular weight excluding hydrogens is 482 g/mol. The molecule has 12 heteroatoms. The number of benzene rings is 1. The van der Waals surface area contributed by atoms with Crippen LogP contribution in [0.25, 0.3) is 0 Å². The van der Waals surface area contributed by atoms with Crippen LogP contribution < -0.4 is 15.5 Å². The molecule has 0 bridgehead atoms. The monoisotopic (exact) mass is 501 g/mol. The lowest BCUT2D eigenvalue weighted by Gasteiger charge is -2.33. The van der Waals surface area contributed by atoms with Gasteiger partial charge >= 0.3 is 12.1 Å². The van der Waals surface area contributed by atoms with Crippen molar-refractivity contribution in [1.82, 2.24) is 14.8 Å². The van der Waals surface area contributed by atoms with Gasteiger partial charge in [-0.2, -0.15) is 13.2 Å². The molecule has 3 heterocycles. The first-order valence-corrected chi connectivity index (χ1v) is 10.9. The summed E-state index contributed by atoms with van der Waals surface area (Å²) in [7, 11) is 0.